The van der Waals surface area contributed by atoms with Crippen molar-refractivity contribution in [3.63, 3.8) is 0 Å². The van der Waals surface area contributed by atoms with Crippen molar-refractivity contribution in [2.75, 3.05) is 18.5 Å². The van der Waals surface area contributed by atoms with Crippen LogP contribution in [0.1, 0.15) is 65.4 Å². The lowest BCUT2D eigenvalue weighted by Gasteiger charge is -2.28. The average molecular weight is 335 g/mol. The minimum atomic E-state index is -0.783. The molecule has 0 spiro atoms. The standard InChI is InChI=1S/C20H33NO3/c1-6-9-10-13-20(5,24-8-3)19(22)21-17-11-12-18(16(4)15-17)23-14-7-2/h11-12,15H,6-10,13-14H2,1-5H3,(H,21,22)/t20-/m1/s1. The van der Waals surface area contributed by atoms with Crippen molar-refractivity contribution in [3.05, 3.63) is 23.8 Å². The van der Waals surface area contributed by atoms with Crippen LogP contribution >= 0.6 is 0 Å². The maximum Gasteiger partial charge on any atom is 0.256 e. The molecule has 0 saturated heterocycles. The summed E-state index contributed by atoms with van der Waals surface area (Å²) in [6.45, 7) is 11.3. The van der Waals surface area contributed by atoms with Crippen LogP contribution < -0.4 is 10.1 Å². The van der Waals surface area contributed by atoms with E-state index >= 15 is 0 Å². The predicted octanol–water partition coefficient (Wildman–Crippen LogP) is 5.10. The van der Waals surface area contributed by atoms with E-state index in [4.69, 9.17) is 9.47 Å². The van der Waals surface area contributed by atoms with Crippen LogP contribution in [0.15, 0.2) is 18.2 Å². The van der Waals surface area contributed by atoms with E-state index in [2.05, 4.69) is 19.2 Å². The van der Waals surface area contributed by atoms with Crippen molar-refractivity contribution in [3.8, 4) is 5.75 Å². The monoisotopic (exact) mass is 335 g/mol. The molecule has 0 heterocycles. The van der Waals surface area contributed by atoms with Gasteiger partial charge in [-0.1, -0.05) is 33.1 Å². The van der Waals surface area contributed by atoms with Gasteiger partial charge in [-0.2, -0.15) is 0 Å². The van der Waals surface area contributed by atoms with Crippen LogP contribution in [0, 0.1) is 6.92 Å². The molecule has 1 aromatic rings. The van der Waals surface area contributed by atoms with Crippen LogP contribution in [0.3, 0.4) is 0 Å². The molecule has 0 aliphatic carbocycles. The molecule has 1 atom stereocenters. The SMILES string of the molecule is CCCCC[C@@](C)(OCC)C(=O)Nc1ccc(OCCC)c(C)c1. The molecule has 0 radical (unpaired) electrons. The van der Waals surface area contributed by atoms with Crippen molar-refractivity contribution < 1.29 is 14.3 Å². The number of carbonyl (C=O) groups excluding carboxylic acids is 1. The summed E-state index contributed by atoms with van der Waals surface area (Å²) in [4.78, 5) is 12.7. The van der Waals surface area contributed by atoms with Gasteiger partial charge in [0.25, 0.3) is 5.91 Å². The Bertz CT molecular complexity index is 516. The van der Waals surface area contributed by atoms with Gasteiger partial charge in [-0.15, -0.1) is 0 Å². The average Bonchev–Trinajstić information content (AvgIpc) is 2.54. The normalized spacial score (nSPS) is 13.4. The number of benzene rings is 1. The zero-order chi connectivity index (χ0) is 18.0. The Morgan fingerprint density at radius 2 is 1.92 bits per heavy atom. The lowest BCUT2D eigenvalue weighted by atomic mass is 9.96. The molecule has 1 rings (SSSR count). The molecule has 0 aliphatic heterocycles. The number of carbonyl (C=O) groups is 1. The van der Waals surface area contributed by atoms with Crippen LogP contribution in [0.4, 0.5) is 5.69 Å². The molecule has 136 valence electrons. The topological polar surface area (TPSA) is 47.6 Å². The highest BCUT2D eigenvalue weighted by Gasteiger charge is 2.33. The number of nitrogens with one attached hydrogen (secondary N) is 1. The van der Waals surface area contributed by atoms with Gasteiger partial charge in [-0.25, -0.2) is 0 Å². The third-order valence-corrected chi connectivity index (χ3v) is 4.10. The molecule has 24 heavy (non-hydrogen) atoms. The fraction of sp³-hybridized carbons (Fsp3) is 0.650. The number of ether oxygens (including phenoxy) is 2. The highest BCUT2D eigenvalue weighted by Crippen LogP contribution is 2.25. The van der Waals surface area contributed by atoms with Crippen molar-refractivity contribution in [2.45, 2.75) is 72.3 Å². The van der Waals surface area contributed by atoms with Gasteiger partial charge in [-0.3, -0.25) is 4.79 Å². The Kier molecular flexibility index (Phi) is 8.83. The first-order chi connectivity index (χ1) is 11.5. The third kappa shape index (κ3) is 6.16. The summed E-state index contributed by atoms with van der Waals surface area (Å²) in [5.41, 5.74) is 1.02. The molecule has 1 N–H and O–H groups in total. The molecule has 0 unspecified atom stereocenters. The summed E-state index contributed by atoms with van der Waals surface area (Å²) in [7, 11) is 0. The summed E-state index contributed by atoms with van der Waals surface area (Å²) < 4.78 is 11.5. The summed E-state index contributed by atoms with van der Waals surface area (Å²) in [5, 5.41) is 3.00. The zero-order valence-corrected chi connectivity index (χ0v) is 15.9. The molecule has 4 heteroatoms. The lowest BCUT2D eigenvalue weighted by molar-refractivity contribution is -0.139. The van der Waals surface area contributed by atoms with E-state index in [1.165, 1.54) is 0 Å². The number of hydrogen-bond donors (Lipinski definition) is 1. The second-order valence-electron chi connectivity index (χ2n) is 6.40. The van der Waals surface area contributed by atoms with Gasteiger partial charge in [0.15, 0.2) is 0 Å². The van der Waals surface area contributed by atoms with Gasteiger partial charge in [0.05, 0.1) is 6.61 Å². The summed E-state index contributed by atoms with van der Waals surface area (Å²) in [5.74, 6) is 0.785. The Hall–Kier alpha value is -1.55. The second kappa shape index (κ2) is 10.3. The first-order valence-corrected chi connectivity index (χ1v) is 9.15. The van der Waals surface area contributed by atoms with E-state index < -0.39 is 5.60 Å². The van der Waals surface area contributed by atoms with Crippen molar-refractivity contribution >= 4 is 11.6 Å². The van der Waals surface area contributed by atoms with Crippen molar-refractivity contribution in [1.29, 1.82) is 0 Å². The lowest BCUT2D eigenvalue weighted by Crippen LogP contribution is -2.42. The quantitative estimate of drug-likeness (QED) is 0.572. The minimum absolute atomic E-state index is 0.0814. The van der Waals surface area contributed by atoms with E-state index in [0.29, 0.717) is 13.2 Å². The molecular weight excluding hydrogens is 302 g/mol. The van der Waals surface area contributed by atoms with Gasteiger partial charge < -0.3 is 14.8 Å². The van der Waals surface area contributed by atoms with Gasteiger partial charge in [0.2, 0.25) is 0 Å². The summed E-state index contributed by atoms with van der Waals surface area (Å²) in [6, 6.07) is 5.74. The Morgan fingerprint density at radius 3 is 2.50 bits per heavy atom. The van der Waals surface area contributed by atoms with Crippen LogP contribution in [0.25, 0.3) is 0 Å². The first-order valence-electron chi connectivity index (χ1n) is 9.15. The predicted molar refractivity (Wildman–Crippen MR) is 99.8 cm³/mol. The maximum atomic E-state index is 12.7. The Balaban J connectivity index is 2.77. The number of amides is 1. The molecular formula is C20H33NO3. The van der Waals surface area contributed by atoms with Gasteiger partial charge in [0.1, 0.15) is 11.4 Å². The fourth-order valence-corrected chi connectivity index (χ4v) is 2.65. The van der Waals surface area contributed by atoms with E-state index in [-0.39, 0.29) is 5.91 Å². The highest BCUT2D eigenvalue weighted by atomic mass is 16.5. The van der Waals surface area contributed by atoms with E-state index in [1.54, 1.807) is 0 Å². The molecule has 1 amide bonds. The maximum absolute atomic E-state index is 12.7. The van der Waals surface area contributed by atoms with Gasteiger partial charge in [-0.05, 0) is 57.4 Å². The largest absolute Gasteiger partial charge is 0.493 e. The summed E-state index contributed by atoms with van der Waals surface area (Å²) >= 11 is 0. The number of aryl methyl sites for hydroxylation is 1. The zero-order valence-electron chi connectivity index (χ0n) is 15.9. The minimum Gasteiger partial charge on any atom is -0.493 e. The van der Waals surface area contributed by atoms with Gasteiger partial charge in [0, 0.05) is 12.3 Å². The third-order valence-electron chi connectivity index (χ3n) is 4.10. The number of rotatable bonds is 11. The highest BCUT2D eigenvalue weighted by molar-refractivity contribution is 5.97. The fourth-order valence-electron chi connectivity index (χ4n) is 2.65. The van der Waals surface area contributed by atoms with Crippen molar-refractivity contribution in [1.82, 2.24) is 0 Å². The van der Waals surface area contributed by atoms with E-state index in [1.807, 2.05) is 39.0 Å². The molecule has 4 nitrogen and oxygen atoms in total. The van der Waals surface area contributed by atoms with Gasteiger partial charge >= 0.3 is 0 Å². The smallest absolute Gasteiger partial charge is 0.256 e. The molecule has 0 aromatic heterocycles. The van der Waals surface area contributed by atoms with Crippen LogP contribution in [0.5, 0.6) is 5.75 Å². The molecule has 0 aliphatic rings. The first kappa shape index (κ1) is 20.5. The summed E-state index contributed by atoms with van der Waals surface area (Å²) in [6.07, 6.45) is 4.93. The van der Waals surface area contributed by atoms with Crippen molar-refractivity contribution in [2.24, 2.45) is 0 Å². The number of anilines is 1. The molecule has 0 fully saturated rings. The molecule has 1 aromatic carbocycles. The molecule has 0 saturated carbocycles. The van der Waals surface area contributed by atoms with Crippen LogP contribution in [-0.4, -0.2) is 24.7 Å². The van der Waals surface area contributed by atoms with E-state index in [9.17, 15) is 4.79 Å². The number of unbranched alkanes of at least 4 members (excludes halogenated alkanes) is 2. The Morgan fingerprint density at radius 1 is 1.17 bits per heavy atom. The number of hydrogen-bond acceptors (Lipinski definition) is 3. The Labute approximate surface area is 146 Å². The molecule has 0 bridgehead atoms. The second-order valence-corrected chi connectivity index (χ2v) is 6.40. The van der Waals surface area contributed by atoms with E-state index in [0.717, 1.165) is 49.1 Å². The van der Waals surface area contributed by atoms with Crippen LogP contribution in [0.2, 0.25) is 0 Å². The van der Waals surface area contributed by atoms with Crippen LogP contribution in [-0.2, 0) is 9.53 Å².